The van der Waals surface area contributed by atoms with Gasteiger partial charge in [0.1, 0.15) is 0 Å². The molecular weight excluding hydrogens is 430 g/mol. The molecule has 0 aromatic rings. The number of piperidine rings is 1. The van der Waals surface area contributed by atoms with Gasteiger partial charge in [-0.25, -0.2) is 9.59 Å². The van der Waals surface area contributed by atoms with E-state index < -0.39 is 11.9 Å². The Morgan fingerprint density at radius 1 is 1.09 bits per heavy atom. The summed E-state index contributed by atoms with van der Waals surface area (Å²) in [6, 6.07) is 0. The van der Waals surface area contributed by atoms with Crippen LogP contribution in [0.2, 0.25) is 0 Å². The van der Waals surface area contributed by atoms with Crippen LogP contribution in [0.25, 0.3) is 0 Å². The van der Waals surface area contributed by atoms with E-state index in [2.05, 4.69) is 88.0 Å². The zero-order valence-corrected chi connectivity index (χ0v) is 21.1. The van der Waals surface area contributed by atoms with Crippen molar-refractivity contribution in [3.8, 4) is 12.8 Å². The Kier molecular flexibility index (Phi) is 16.7. The van der Waals surface area contributed by atoms with Gasteiger partial charge in [0, 0.05) is 19.6 Å². The Balaban J connectivity index is 0.00000118. The molecule has 6 heteroatoms. The molecule has 0 aromatic heterocycles. The van der Waals surface area contributed by atoms with Gasteiger partial charge in [-0.15, -0.1) is 12.8 Å². The van der Waals surface area contributed by atoms with Crippen molar-refractivity contribution in [2.24, 2.45) is 11.8 Å². The molecule has 2 rings (SSSR count). The average Bonchev–Trinajstić information content (AvgIpc) is 3.07. The fourth-order valence-corrected chi connectivity index (χ4v) is 3.95. The molecule has 6 nitrogen and oxygen atoms in total. The first-order chi connectivity index (χ1) is 16.2. The lowest BCUT2D eigenvalue weighted by atomic mass is 9.92. The van der Waals surface area contributed by atoms with Gasteiger partial charge in [0.2, 0.25) is 0 Å². The van der Waals surface area contributed by atoms with Crippen LogP contribution in [0.5, 0.6) is 0 Å². The standard InChI is InChI=1S/C24H37NO.C2H2O4.C2H2/c1-20-17-21(2)19-25(18-20)15-10-16-26-23(4)12-9-11-22(3)24-13-7-5-6-8-14-24;3-1(4)2(5)6;1-2/h5-7,11-14,20-21H,8-10,15-19H2,1-4H3;(H,3,4)(H,5,6);1-2H/b22-11+,23-12+;;/t20-,21?;;/m1../s1. The summed E-state index contributed by atoms with van der Waals surface area (Å²) >= 11 is 0. The molecule has 0 amide bonds. The molecule has 1 fully saturated rings. The highest BCUT2D eigenvalue weighted by Crippen LogP contribution is 2.21. The van der Waals surface area contributed by atoms with Crippen molar-refractivity contribution in [1.29, 1.82) is 0 Å². The predicted octanol–water partition coefficient (Wildman–Crippen LogP) is 5.46. The van der Waals surface area contributed by atoms with Crippen molar-refractivity contribution >= 4 is 11.9 Å². The summed E-state index contributed by atoms with van der Waals surface area (Å²) in [7, 11) is 0. The Labute approximate surface area is 205 Å². The second-order valence-electron chi connectivity index (χ2n) is 8.64. The number of terminal acetylenes is 1. The molecule has 1 unspecified atom stereocenters. The summed E-state index contributed by atoms with van der Waals surface area (Å²) in [5.74, 6) is -0.928. The molecule has 2 N–H and O–H groups in total. The van der Waals surface area contributed by atoms with E-state index in [1.54, 1.807) is 0 Å². The molecule has 1 aliphatic carbocycles. The van der Waals surface area contributed by atoms with Crippen molar-refractivity contribution in [2.45, 2.75) is 53.4 Å². The van der Waals surface area contributed by atoms with Crippen LogP contribution in [-0.4, -0.2) is 53.3 Å². The van der Waals surface area contributed by atoms with Crippen LogP contribution in [0, 0.1) is 24.7 Å². The lowest BCUT2D eigenvalue weighted by molar-refractivity contribution is -0.159. The molecule has 0 saturated carbocycles. The number of hydrogen-bond acceptors (Lipinski definition) is 4. The molecular formula is C28H41NO5. The number of nitrogens with zero attached hydrogens (tertiary/aromatic N) is 1. The number of rotatable bonds is 8. The Bertz CT molecular complexity index is 779. The highest BCUT2D eigenvalue weighted by atomic mass is 16.5. The Hall–Kier alpha value is -3.04. The minimum absolute atomic E-state index is 0.823. The van der Waals surface area contributed by atoms with E-state index in [1.807, 2.05) is 0 Å². The number of hydrogen-bond donors (Lipinski definition) is 2. The SMILES string of the molecule is C#C.C/C(=C\C/C=C(\C)C1=CCC=CC=C1)OCCCN1CC(C)C[C@@H](C)C1.O=C(O)C(=O)O. The molecule has 0 bridgehead atoms. The van der Waals surface area contributed by atoms with Crippen LogP contribution in [-0.2, 0) is 14.3 Å². The van der Waals surface area contributed by atoms with Crippen LogP contribution < -0.4 is 0 Å². The first-order valence-corrected chi connectivity index (χ1v) is 11.7. The van der Waals surface area contributed by atoms with Gasteiger partial charge in [-0.2, -0.15) is 0 Å². The molecule has 2 atom stereocenters. The van der Waals surface area contributed by atoms with Crippen LogP contribution in [0.15, 0.2) is 59.4 Å². The molecule has 2 aliphatic rings. The predicted molar refractivity (Wildman–Crippen MR) is 138 cm³/mol. The molecule has 34 heavy (non-hydrogen) atoms. The number of carboxylic acids is 2. The molecule has 188 valence electrons. The highest BCUT2D eigenvalue weighted by molar-refractivity contribution is 6.27. The number of aliphatic carboxylic acids is 2. The zero-order valence-electron chi connectivity index (χ0n) is 21.1. The third kappa shape index (κ3) is 14.9. The van der Waals surface area contributed by atoms with Gasteiger partial charge in [0.15, 0.2) is 0 Å². The van der Waals surface area contributed by atoms with Crippen LogP contribution in [0.4, 0.5) is 0 Å². The summed E-state index contributed by atoms with van der Waals surface area (Å²) in [4.78, 5) is 20.8. The smallest absolute Gasteiger partial charge is 0.414 e. The maximum atomic E-state index is 9.10. The number of carboxylic acid groups (broad SMARTS) is 2. The van der Waals surface area contributed by atoms with Crippen molar-refractivity contribution in [3.05, 3.63) is 59.4 Å². The first-order valence-electron chi connectivity index (χ1n) is 11.7. The van der Waals surface area contributed by atoms with Crippen LogP contribution in [0.3, 0.4) is 0 Å². The third-order valence-electron chi connectivity index (χ3n) is 5.36. The number of ether oxygens (including phenoxy) is 1. The zero-order chi connectivity index (χ0) is 25.9. The van der Waals surface area contributed by atoms with Gasteiger partial charge in [0.25, 0.3) is 0 Å². The van der Waals surface area contributed by atoms with Crippen molar-refractivity contribution in [3.63, 3.8) is 0 Å². The summed E-state index contributed by atoms with van der Waals surface area (Å²) in [5.41, 5.74) is 2.66. The van der Waals surface area contributed by atoms with E-state index in [1.165, 1.54) is 30.7 Å². The largest absolute Gasteiger partial charge is 0.499 e. The quantitative estimate of drug-likeness (QED) is 0.212. The van der Waals surface area contributed by atoms with Gasteiger partial charge in [-0.05, 0) is 68.6 Å². The third-order valence-corrected chi connectivity index (χ3v) is 5.36. The van der Waals surface area contributed by atoms with Gasteiger partial charge < -0.3 is 19.8 Å². The highest BCUT2D eigenvalue weighted by Gasteiger charge is 2.20. The Morgan fingerprint density at radius 3 is 2.29 bits per heavy atom. The number of likely N-dealkylation sites (tertiary alicyclic amines) is 1. The fraction of sp³-hybridized carbons (Fsp3) is 0.500. The molecule has 1 saturated heterocycles. The number of carbonyl (C=O) groups is 2. The fourth-order valence-electron chi connectivity index (χ4n) is 3.95. The maximum absolute atomic E-state index is 9.10. The van der Waals surface area contributed by atoms with E-state index in [9.17, 15) is 0 Å². The van der Waals surface area contributed by atoms with Gasteiger partial charge in [-0.3, -0.25) is 0 Å². The van der Waals surface area contributed by atoms with Crippen molar-refractivity contribution in [2.75, 3.05) is 26.2 Å². The summed E-state index contributed by atoms with van der Waals surface area (Å²) in [6.45, 7) is 13.5. The van der Waals surface area contributed by atoms with E-state index in [-0.39, 0.29) is 0 Å². The average molecular weight is 472 g/mol. The van der Waals surface area contributed by atoms with Gasteiger partial charge in [0.05, 0.1) is 12.4 Å². The van der Waals surface area contributed by atoms with Gasteiger partial charge >= 0.3 is 11.9 Å². The molecule has 1 aliphatic heterocycles. The minimum atomic E-state index is -1.82. The minimum Gasteiger partial charge on any atom is -0.499 e. The first kappa shape index (κ1) is 31.0. The van der Waals surface area contributed by atoms with Crippen LogP contribution in [0.1, 0.15) is 53.4 Å². The van der Waals surface area contributed by atoms with E-state index in [0.717, 1.165) is 50.0 Å². The van der Waals surface area contributed by atoms with Gasteiger partial charge in [-0.1, -0.05) is 50.3 Å². The Morgan fingerprint density at radius 2 is 1.71 bits per heavy atom. The normalized spacial score (nSPS) is 20.6. The summed E-state index contributed by atoms with van der Waals surface area (Å²) in [5, 5.41) is 14.8. The summed E-state index contributed by atoms with van der Waals surface area (Å²) in [6.07, 6.45) is 27.8. The maximum Gasteiger partial charge on any atom is 0.414 e. The molecule has 0 spiro atoms. The van der Waals surface area contributed by atoms with E-state index in [4.69, 9.17) is 24.5 Å². The van der Waals surface area contributed by atoms with Crippen molar-refractivity contribution in [1.82, 2.24) is 4.90 Å². The second-order valence-corrected chi connectivity index (χ2v) is 8.64. The molecule has 0 aromatic carbocycles. The van der Waals surface area contributed by atoms with E-state index >= 15 is 0 Å². The molecule has 0 radical (unpaired) electrons. The topological polar surface area (TPSA) is 87.1 Å². The lowest BCUT2D eigenvalue weighted by Crippen LogP contribution is -2.39. The van der Waals surface area contributed by atoms with Crippen LogP contribution >= 0.6 is 0 Å². The monoisotopic (exact) mass is 471 g/mol. The number of allylic oxidation sites excluding steroid dienone is 10. The van der Waals surface area contributed by atoms with E-state index in [0.29, 0.717) is 0 Å². The second kappa shape index (κ2) is 18.4. The summed E-state index contributed by atoms with van der Waals surface area (Å²) < 4.78 is 5.90. The lowest BCUT2D eigenvalue weighted by Gasteiger charge is -2.34. The van der Waals surface area contributed by atoms with Crippen molar-refractivity contribution < 1.29 is 24.5 Å². The molecule has 1 heterocycles.